The molecule has 0 saturated carbocycles. The van der Waals surface area contributed by atoms with Gasteiger partial charge in [0.15, 0.2) is 5.78 Å². The molecule has 0 aliphatic rings. The highest BCUT2D eigenvalue weighted by Crippen LogP contribution is 2.18. The third kappa shape index (κ3) is 4.35. The van der Waals surface area contributed by atoms with Crippen molar-refractivity contribution in [2.45, 2.75) is 34.2 Å². The van der Waals surface area contributed by atoms with Crippen molar-refractivity contribution in [2.24, 2.45) is 0 Å². The number of ether oxygens (including phenoxy) is 2. The standard InChI is InChI=1S/C19H21NO5/c1-5-24-19(23)17-10-12(2)20(13(17)3)11-18(22)25-16-8-6-15(7-9-16)14(4)21/h6-10H,5,11H2,1-4H3. The van der Waals surface area contributed by atoms with Gasteiger partial charge in [-0.2, -0.15) is 0 Å². The Hall–Kier alpha value is -2.89. The van der Waals surface area contributed by atoms with Crippen LogP contribution < -0.4 is 4.74 Å². The average molecular weight is 343 g/mol. The van der Waals surface area contributed by atoms with Gasteiger partial charge in [0.2, 0.25) is 0 Å². The Morgan fingerprint density at radius 1 is 1.08 bits per heavy atom. The minimum absolute atomic E-state index is 0.0223. The van der Waals surface area contributed by atoms with Crippen molar-refractivity contribution in [2.75, 3.05) is 6.61 Å². The van der Waals surface area contributed by atoms with Gasteiger partial charge in [-0.1, -0.05) is 0 Å². The first-order valence-corrected chi connectivity index (χ1v) is 7.99. The molecule has 2 rings (SSSR count). The van der Waals surface area contributed by atoms with Crippen LogP contribution in [0.4, 0.5) is 0 Å². The van der Waals surface area contributed by atoms with E-state index in [4.69, 9.17) is 9.47 Å². The van der Waals surface area contributed by atoms with Crippen molar-refractivity contribution >= 4 is 17.7 Å². The lowest BCUT2D eigenvalue weighted by molar-refractivity contribution is -0.135. The summed E-state index contributed by atoms with van der Waals surface area (Å²) in [5.41, 5.74) is 2.41. The topological polar surface area (TPSA) is 74.6 Å². The van der Waals surface area contributed by atoms with Crippen LogP contribution in [0.2, 0.25) is 0 Å². The van der Waals surface area contributed by atoms with Crippen molar-refractivity contribution in [3.05, 3.63) is 52.8 Å². The number of hydrogen-bond donors (Lipinski definition) is 0. The average Bonchev–Trinajstić information content (AvgIpc) is 2.84. The molecule has 0 N–H and O–H groups in total. The lowest BCUT2D eigenvalue weighted by atomic mass is 10.1. The number of rotatable bonds is 6. The smallest absolute Gasteiger partial charge is 0.339 e. The summed E-state index contributed by atoms with van der Waals surface area (Å²) < 4.78 is 12.0. The zero-order valence-electron chi connectivity index (χ0n) is 14.8. The highest BCUT2D eigenvalue weighted by Gasteiger charge is 2.18. The molecule has 2 aromatic rings. The number of esters is 2. The van der Waals surface area contributed by atoms with Gasteiger partial charge in [-0.25, -0.2) is 9.59 Å². The maximum absolute atomic E-state index is 12.2. The number of nitrogens with zero attached hydrogens (tertiary/aromatic N) is 1. The molecule has 0 spiro atoms. The van der Waals surface area contributed by atoms with Gasteiger partial charge in [-0.3, -0.25) is 4.79 Å². The molecule has 0 aliphatic heterocycles. The molecule has 6 heteroatoms. The molecule has 0 saturated heterocycles. The van der Waals surface area contributed by atoms with Crippen LogP contribution in [-0.4, -0.2) is 28.9 Å². The molecule has 0 atom stereocenters. The molecule has 0 bridgehead atoms. The lowest BCUT2D eigenvalue weighted by Crippen LogP contribution is -2.18. The Kier molecular flexibility index (Phi) is 5.75. The molecule has 1 heterocycles. The van der Waals surface area contributed by atoms with Crippen LogP contribution in [0.15, 0.2) is 30.3 Å². The number of aryl methyl sites for hydroxylation is 1. The third-order valence-corrected chi connectivity index (χ3v) is 3.85. The Balaban J connectivity index is 2.10. The molecule has 1 aromatic carbocycles. The SMILES string of the molecule is CCOC(=O)c1cc(C)n(CC(=O)Oc2ccc(C(C)=O)cc2)c1C. The zero-order chi connectivity index (χ0) is 18.6. The summed E-state index contributed by atoms with van der Waals surface area (Å²) in [6.07, 6.45) is 0. The number of ketones is 1. The Bertz CT molecular complexity index is 802. The third-order valence-electron chi connectivity index (χ3n) is 3.85. The van der Waals surface area contributed by atoms with Gasteiger partial charge < -0.3 is 14.0 Å². The second-order valence-corrected chi connectivity index (χ2v) is 5.65. The molecule has 6 nitrogen and oxygen atoms in total. The Morgan fingerprint density at radius 3 is 2.28 bits per heavy atom. The quantitative estimate of drug-likeness (QED) is 0.458. The van der Waals surface area contributed by atoms with Gasteiger partial charge in [0.25, 0.3) is 0 Å². The molecular formula is C19H21NO5. The van der Waals surface area contributed by atoms with E-state index in [1.807, 2.05) is 6.92 Å². The maximum Gasteiger partial charge on any atom is 0.339 e. The van der Waals surface area contributed by atoms with Crippen LogP contribution in [0.5, 0.6) is 5.75 Å². The van der Waals surface area contributed by atoms with Gasteiger partial charge in [-0.05, 0) is 58.0 Å². The van der Waals surface area contributed by atoms with E-state index in [0.29, 0.717) is 29.2 Å². The van der Waals surface area contributed by atoms with Crippen molar-refractivity contribution < 1.29 is 23.9 Å². The van der Waals surface area contributed by atoms with E-state index in [0.717, 1.165) is 5.69 Å². The summed E-state index contributed by atoms with van der Waals surface area (Å²) >= 11 is 0. The molecule has 0 aliphatic carbocycles. The number of carbonyl (C=O) groups is 3. The predicted octanol–water partition coefficient (Wildman–Crippen LogP) is 3.09. The van der Waals surface area contributed by atoms with Gasteiger partial charge in [0.05, 0.1) is 12.2 Å². The van der Waals surface area contributed by atoms with E-state index in [9.17, 15) is 14.4 Å². The van der Waals surface area contributed by atoms with E-state index < -0.39 is 11.9 Å². The van der Waals surface area contributed by atoms with Crippen LogP contribution >= 0.6 is 0 Å². The van der Waals surface area contributed by atoms with Crippen molar-refractivity contribution in [3.63, 3.8) is 0 Å². The molecule has 25 heavy (non-hydrogen) atoms. The number of hydrogen-bond acceptors (Lipinski definition) is 5. The predicted molar refractivity (Wildman–Crippen MR) is 91.9 cm³/mol. The number of Topliss-reactive ketones (excluding diaryl/α,β-unsaturated/α-hetero) is 1. The monoisotopic (exact) mass is 343 g/mol. The summed E-state index contributed by atoms with van der Waals surface area (Å²) in [6, 6.07) is 8.07. The minimum atomic E-state index is -0.465. The van der Waals surface area contributed by atoms with Crippen molar-refractivity contribution in [3.8, 4) is 5.75 Å². The van der Waals surface area contributed by atoms with E-state index >= 15 is 0 Å². The molecule has 1 aromatic heterocycles. The fourth-order valence-corrected chi connectivity index (χ4v) is 2.51. The molecule has 0 amide bonds. The van der Waals surface area contributed by atoms with Crippen LogP contribution in [0.1, 0.15) is 46.0 Å². The molecule has 132 valence electrons. The largest absolute Gasteiger partial charge is 0.462 e. The summed E-state index contributed by atoms with van der Waals surface area (Å²) in [6.45, 7) is 7.05. The van der Waals surface area contributed by atoms with Crippen LogP contribution in [0.25, 0.3) is 0 Å². The number of benzene rings is 1. The molecular weight excluding hydrogens is 322 g/mol. The first-order valence-electron chi connectivity index (χ1n) is 7.99. The van der Waals surface area contributed by atoms with E-state index in [1.54, 1.807) is 48.7 Å². The molecule has 0 radical (unpaired) electrons. The minimum Gasteiger partial charge on any atom is -0.462 e. The fourth-order valence-electron chi connectivity index (χ4n) is 2.51. The first-order chi connectivity index (χ1) is 11.8. The maximum atomic E-state index is 12.2. The van der Waals surface area contributed by atoms with Crippen LogP contribution in [0, 0.1) is 13.8 Å². The van der Waals surface area contributed by atoms with E-state index in [2.05, 4.69) is 0 Å². The second-order valence-electron chi connectivity index (χ2n) is 5.65. The summed E-state index contributed by atoms with van der Waals surface area (Å²) in [5, 5.41) is 0. The first kappa shape index (κ1) is 18.4. The summed E-state index contributed by atoms with van der Waals surface area (Å²) in [4.78, 5) is 35.3. The second kappa shape index (κ2) is 7.79. The van der Waals surface area contributed by atoms with Crippen molar-refractivity contribution in [1.82, 2.24) is 4.57 Å². The van der Waals surface area contributed by atoms with Gasteiger partial charge in [0.1, 0.15) is 12.3 Å². The molecule has 0 fully saturated rings. The zero-order valence-corrected chi connectivity index (χ0v) is 14.8. The summed E-state index contributed by atoms with van der Waals surface area (Å²) in [7, 11) is 0. The Labute approximate surface area is 146 Å². The normalized spacial score (nSPS) is 10.4. The highest BCUT2D eigenvalue weighted by atomic mass is 16.5. The fraction of sp³-hybridized carbons (Fsp3) is 0.316. The van der Waals surface area contributed by atoms with Gasteiger partial charge in [-0.15, -0.1) is 0 Å². The Morgan fingerprint density at radius 2 is 1.72 bits per heavy atom. The van der Waals surface area contributed by atoms with Crippen molar-refractivity contribution in [1.29, 1.82) is 0 Å². The van der Waals surface area contributed by atoms with Gasteiger partial charge in [0, 0.05) is 17.0 Å². The van der Waals surface area contributed by atoms with Crippen LogP contribution in [-0.2, 0) is 16.1 Å². The molecule has 0 unspecified atom stereocenters. The van der Waals surface area contributed by atoms with Gasteiger partial charge >= 0.3 is 11.9 Å². The van der Waals surface area contributed by atoms with E-state index in [-0.39, 0.29) is 12.3 Å². The highest BCUT2D eigenvalue weighted by molar-refractivity contribution is 5.94. The number of aromatic nitrogens is 1. The summed E-state index contributed by atoms with van der Waals surface area (Å²) in [5.74, 6) is -0.561. The lowest BCUT2D eigenvalue weighted by Gasteiger charge is -2.10. The van der Waals surface area contributed by atoms with Crippen LogP contribution in [0.3, 0.4) is 0 Å². The number of carbonyl (C=O) groups excluding carboxylic acids is 3. The van der Waals surface area contributed by atoms with E-state index in [1.165, 1.54) is 6.92 Å².